The van der Waals surface area contributed by atoms with Crippen LogP contribution in [0.4, 0.5) is 0 Å². The topological polar surface area (TPSA) is 81.9 Å². The number of pyridine rings is 2. The van der Waals surface area contributed by atoms with Crippen LogP contribution in [-0.4, -0.2) is 38.8 Å². The Kier molecular flexibility index (Phi) is 4.18. The molecule has 3 aromatic heterocycles. The van der Waals surface area contributed by atoms with Crippen LogP contribution in [0.3, 0.4) is 0 Å². The number of carbonyl (C=O) groups is 1. The smallest absolute Gasteiger partial charge is 0.254 e. The third-order valence-corrected chi connectivity index (χ3v) is 6.25. The van der Waals surface area contributed by atoms with Crippen molar-refractivity contribution in [2.24, 2.45) is 0 Å². The van der Waals surface area contributed by atoms with Gasteiger partial charge < -0.3 is 14.9 Å². The Morgan fingerprint density at radius 1 is 0.969 bits per heavy atom. The van der Waals surface area contributed by atoms with Crippen LogP contribution in [0.2, 0.25) is 0 Å². The third-order valence-electron chi connectivity index (χ3n) is 6.25. The first-order chi connectivity index (χ1) is 15.7. The summed E-state index contributed by atoms with van der Waals surface area (Å²) in [4.78, 5) is 38.8. The maximum absolute atomic E-state index is 13.2. The highest BCUT2D eigenvalue weighted by atomic mass is 16.2. The molecule has 2 aromatic carbocycles. The van der Waals surface area contributed by atoms with Crippen LogP contribution in [0.15, 0.2) is 77.9 Å². The summed E-state index contributed by atoms with van der Waals surface area (Å²) in [5, 5.41) is 2.26. The van der Waals surface area contributed by atoms with Crippen molar-refractivity contribution >= 4 is 44.3 Å². The van der Waals surface area contributed by atoms with E-state index >= 15 is 0 Å². The molecule has 0 saturated carbocycles. The van der Waals surface area contributed by atoms with Crippen molar-refractivity contribution < 1.29 is 4.79 Å². The van der Waals surface area contributed by atoms with Crippen molar-refractivity contribution in [1.29, 1.82) is 0 Å². The van der Waals surface area contributed by atoms with Crippen molar-refractivity contribution in [2.75, 3.05) is 13.1 Å². The molecular weight excluding hydrogens is 400 g/mol. The molecule has 0 bridgehead atoms. The number of hydrogen-bond donors (Lipinski definition) is 2. The first-order valence-corrected chi connectivity index (χ1v) is 10.6. The van der Waals surface area contributed by atoms with Crippen LogP contribution in [0.25, 0.3) is 38.4 Å². The van der Waals surface area contributed by atoms with E-state index in [2.05, 4.69) is 27.1 Å². The summed E-state index contributed by atoms with van der Waals surface area (Å²) in [6, 6.07) is 16.8. The van der Waals surface area contributed by atoms with E-state index in [1.807, 2.05) is 41.4 Å². The van der Waals surface area contributed by atoms with Crippen molar-refractivity contribution in [3.8, 4) is 0 Å². The number of benzene rings is 2. The summed E-state index contributed by atoms with van der Waals surface area (Å²) >= 11 is 0. The third kappa shape index (κ3) is 2.92. The Morgan fingerprint density at radius 2 is 1.81 bits per heavy atom. The highest BCUT2D eigenvalue weighted by Gasteiger charge is 2.21. The molecule has 1 aliphatic heterocycles. The van der Waals surface area contributed by atoms with Crippen molar-refractivity contribution in [3.63, 3.8) is 0 Å². The van der Waals surface area contributed by atoms with Gasteiger partial charge in [-0.15, -0.1) is 0 Å². The van der Waals surface area contributed by atoms with Crippen LogP contribution in [0, 0.1) is 0 Å². The van der Waals surface area contributed by atoms with E-state index < -0.39 is 0 Å². The fourth-order valence-electron chi connectivity index (χ4n) is 4.56. The number of aromatic amines is 2. The van der Waals surface area contributed by atoms with E-state index in [0.29, 0.717) is 29.4 Å². The van der Waals surface area contributed by atoms with E-state index in [9.17, 15) is 9.59 Å². The molecule has 6 nitrogen and oxygen atoms in total. The average molecular weight is 420 g/mol. The zero-order chi connectivity index (χ0) is 21.7. The molecule has 32 heavy (non-hydrogen) atoms. The predicted molar refractivity (Wildman–Crippen MR) is 127 cm³/mol. The molecule has 0 radical (unpaired) electrons. The zero-order valence-electron chi connectivity index (χ0n) is 17.3. The van der Waals surface area contributed by atoms with Gasteiger partial charge in [0.25, 0.3) is 5.91 Å². The van der Waals surface area contributed by atoms with Gasteiger partial charge in [-0.3, -0.25) is 9.59 Å². The van der Waals surface area contributed by atoms with E-state index in [4.69, 9.17) is 0 Å². The minimum atomic E-state index is -0.0599. The van der Waals surface area contributed by atoms with Gasteiger partial charge in [-0.2, -0.15) is 0 Å². The van der Waals surface area contributed by atoms with Crippen molar-refractivity contribution in [2.45, 2.75) is 6.42 Å². The van der Waals surface area contributed by atoms with Crippen molar-refractivity contribution in [3.05, 3.63) is 94.4 Å². The average Bonchev–Trinajstić information content (AvgIpc) is 3.28. The van der Waals surface area contributed by atoms with Crippen molar-refractivity contribution in [1.82, 2.24) is 19.9 Å². The fraction of sp³-hybridized carbons (Fsp3) is 0.115. The summed E-state index contributed by atoms with van der Waals surface area (Å²) in [5.74, 6) is -0.0599. The van der Waals surface area contributed by atoms with Gasteiger partial charge in [0.15, 0.2) is 5.43 Å². The number of hydrogen-bond acceptors (Lipinski definition) is 3. The van der Waals surface area contributed by atoms with E-state index in [0.717, 1.165) is 34.1 Å². The lowest BCUT2D eigenvalue weighted by atomic mass is 9.99. The maximum Gasteiger partial charge on any atom is 0.254 e. The Balaban J connectivity index is 1.30. The molecule has 6 rings (SSSR count). The fourth-order valence-corrected chi connectivity index (χ4v) is 4.56. The second-order valence-electron chi connectivity index (χ2n) is 8.09. The number of rotatable bonds is 2. The normalized spacial score (nSPS) is 14.2. The quantitative estimate of drug-likeness (QED) is 0.413. The first-order valence-electron chi connectivity index (χ1n) is 10.6. The number of nitrogens with one attached hydrogen (secondary N) is 2. The monoisotopic (exact) mass is 420 g/mol. The summed E-state index contributed by atoms with van der Waals surface area (Å²) in [6.07, 6.45) is 6.64. The Bertz CT molecular complexity index is 1610. The van der Waals surface area contributed by atoms with Crippen LogP contribution < -0.4 is 5.43 Å². The molecule has 0 atom stereocenters. The molecular formula is C26H20N4O2. The Morgan fingerprint density at radius 3 is 2.69 bits per heavy atom. The molecule has 0 fully saturated rings. The molecule has 0 saturated heterocycles. The lowest BCUT2D eigenvalue weighted by Gasteiger charge is -2.26. The van der Waals surface area contributed by atoms with Gasteiger partial charge in [-0.05, 0) is 54.5 Å². The molecule has 2 N–H and O–H groups in total. The van der Waals surface area contributed by atoms with Gasteiger partial charge in [0.05, 0.1) is 0 Å². The molecule has 156 valence electrons. The second kappa shape index (κ2) is 7.20. The molecule has 0 spiro atoms. The van der Waals surface area contributed by atoms with Crippen LogP contribution in [0.1, 0.15) is 22.3 Å². The molecule has 1 aliphatic rings. The minimum absolute atomic E-state index is 0.0576. The van der Waals surface area contributed by atoms with E-state index in [1.54, 1.807) is 24.4 Å². The lowest BCUT2D eigenvalue weighted by molar-refractivity contribution is 0.0773. The number of para-hydroxylation sites is 1. The Hall–Kier alpha value is -4.19. The van der Waals surface area contributed by atoms with Crippen LogP contribution in [-0.2, 0) is 0 Å². The number of aromatic nitrogens is 3. The van der Waals surface area contributed by atoms with Crippen LogP contribution >= 0.6 is 0 Å². The van der Waals surface area contributed by atoms with Crippen LogP contribution in [0.5, 0.6) is 0 Å². The molecule has 6 heteroatoms. The summed E-state index contributed by atoms with van der Waals surface area (Å²) < 4.78 is 0. The highest BCUT2D eigenvalue weighted by molar-refractivity contribution is 6.01. The zero-order valence-corrected chi connectivity index (χ0v) is 17.3. The standard InChI is InChI=1S/C26H20N4O2/c31-24-19-4-1-2-6-22(19)29-23-8-7-17(14-20(23)24)26(32)30-12-9-16(10-13-30)21-15-28-25-18(21)5-3-11-27-25/h1-9,11,14-15H,10,12-13H2,(H,27,28)(H,29,31). The Labute approximate surface area is 183 Å². The lowest BCUT2D eigenvalue weighted by Crippen LogP contribution is -2.34. The summed E-state index contributed by atoms with van der Waals surface area (Å²) in [6.45, 7) is 1.16. The molecule has 1 amide bonds. The van der Waals surface area contributed by atoms with E-state index in [-0.39, 0.29) is 11.3 Å². The number of amides is 1. The number of nitrogens with zero attached hydrogens (tertiary/aromatic N) is 2. The largest absolute Gasteiger partial charge is 0.354 e. The highest BCUT2D eigenvalue weighted by Crippen LogP contribution is 2.29. The van der Waals surface area contributed by atoms with Gasteiger partial charge in [-0.1, -0.05) is 18.2 Å². The van der Waals surface area contributed by atoms with Gasteiger partial charge >= 0.3 is 0 Å². The second-order valence-corrected chi connectivity index (χ2v) is 8.09. The van der Waals surface area contributed by atoms with Gasteiger partial charge in [0, 0.05) is 63.8 Å². The van der Waals surface area contributed by atoms with Gasteiger partial charge in [0.1, 0.15) is 5.65 Å². The minimum Gasteiger partial charge on any atom is -0.354 e. The SMILES string of the molecule is O=C(c1ccc2[nH]c3ccccc3c(=O)c2c1)N1CC=C(c2c[nH]c3ncccc23)CC1. The van der Waals surface area contributed by atoms with Gasteiger partial charge in [-0.25, -0.2) is 4.98 Å². The summed E-state index contributed by atoms with van der Waals surface area (Å²) in [7, 11) is 0. The molecule has 0 aliphatic carbocycles. The molecule has 0 unspecified atom stereocenters. The van der Waals surface area contributed by atoms with E-state index in [1.165, 1.54) is 5.57 Å². The predicted octanol–water partition coefficient (Wildman–Crippen LogP) is 4.49. The molecule has 4 heterocycles. The van der Waals surface area contributed by atoms with Gasteiger partial charge in [0.2, 0.25) is 0 Å². The maximum atomic E-state index is 13.2. The number of fused-ring (bicyclic) bond motifs is 3. The summed E-state index contributed by atoms with van der Waals surface area (Å²) in [5.41, 5.74) is 5.24. The first kappa shape index (κ1) is 18.6. The number of carbonyl (C=O) groups excluding carboxylic acids is 1. The molecule has 5 aromatic rings. The number of H-pyrrole nitrogens is 2.